The van der Waals surface area contributed by atoms with Crippen LogP contribution in [-0.4, -0.2) is 105 Å². The van der Waals surface area contributed by atoms with Gasteiger partial charge >= 0.3 is 11.9 Å². The highest BCUT2D eigenvalue weighted by Gasteiger charge is 2.52. The molecule has 2 N–H and O–H groups in total. The first-order valence-electron chi connectivity index (χ1n) is 11.5. The van der Waals surface area contributed by atoms with E-state index in [0.29, 0.717) is 29.6 Å². The van der Waals surface area contributed by atoms with Crippen molar-refractivity contribution in [3.63, 3.8) is 0 Å². The Bertz CT molecular complexity index is 965. The number of thioether (sulfide) groups is 2. The third kappa shape index (κ3) is 8.72. The highest BCUT2D eigenvalue weighted by molar-refractivity contribution is 8.01. The van der Waals surface area contributed by atoms with Gasteiger partial charge in [0.05, 0.1) is 6.54 Å². The molecule has 0 bridgehead atoms. The molecule has 1 amide bonds. The van der Waals surface area contributed by atoms with E-state index in [1.807, 2.05) is 32.8 Å². The minimum absolute atomic E-state index is 0. The summed E-state index contributed by atoms with van der Waals surface area (Å²) in [6.45, 7) is 5.25. The number of carbonyl (C=O) groups excluding carboxylic acids is 3. The summed E-state index contributed by atoms with van der Waals surface area (Å²) >= 11 is 2.91. The second kappa shape index (κ2) is 15.7. The van der Waals surface area contributed by atoms with Crippen molar-refractivity contribution in [3.05, 3.63) is 11.3 Å². The van der Waals surface area contributed by atoms with Crippen molar-refractivity contribution in [1.82, 2.24) is 30.0 Å². The van der Waals surface area contributed by atoms with E-state index >= 15 is 0 Å². The molecule has 37 heavy (non-hydrogen) atoms. The number of rotatable bonds is 13. The molecule has 0 saturated carbocycles. The van der Waals surface area contributed by atoms with Crippen LogP contribution in [0.1, 0.15) is 26.7 Å². The van der Waals surface area contributed by atoms with Gasteiger partial charge in [0, 0.05) is 24.5 Å². The van der Waals surface area contributed by atoms with Crippen LogP contribution in [0.4, 0.5) is 0 Å². The second-order valence-corrected chi connectivity index (χ2v) is 10.8. The lowest BCUT2D eigenvalue weighted by Crippen LogP contribution is -2.68. The molecule has 0 aromatic carbocycles. The Kier molecular flexibility index (Phi) is 14.2. The fourth-order valence-corrected chi connectivity index (χ4v) is 5.75. The lowest BCUT2D eigenvalue weighted by atomic mass is 10.0. The molecule has 0 spiro atoms. The van der Waals surface area contributed by atoms with Gasteiger partial charge in [-0.15, -0.1) is 41.7 Å². The molecule has 12 nitrogen and oxygen atoms in total. The van der Waals surface area contributed by atoms with E-state index in [-0.39, 0.29) is 66.9 Å². The molecule has 1 aromatic heterocycles. The van der Waals surface area contributed by atoms with Crippen LogP contribution < -0.4 is 5.73 Å². The molecule has 1 fully saturated rings. The summed E-state index contributed by atoms with van der Waals surface area (Å²) in [5.74, 6) is -0.0871. The molecule has 2 aliphatic heterocycles. The van der Waals surface area contributed by atoms with Crippen molar-refractivity contribution in [2.75, 3.05) is 45.4 Å². The third-order valence-electron chi connectivity index (χ3n) is 5.71. The van der Waals surface area contributed by atoms with E-state index in [9.17, 15) is 14.4 Å². The number of nitrogens with zero attached hydrogens (tertiary/aromatic N) is 6. The van der Waals surface area contributed by atoms with Gasteiger partial charge < -0.3 is 20.1 Å². The molecule has 3 heterocycles. The number of nitrogens with two attached hydrogens (primary N) is 1. The zero-order valence-corrected chi connectivity index (χ0v) is 24.6. The van der Waals surface area contributed by atoms with Gasteiger partial charge in [-0.2, -0.15) is 0 Å². The van der Waals surface area contributed by atoms with Gasteiger partial charge in [-0.25, -0.2) is 9.48 Å². The number of hydrogen-bond acceptors (Lipinski definition) is 12. The monoisotopic (exact) mass is 599 g/mol. The topological polar surface area (TPSA) is 146 Å². The second-order valence-electron chi connectivity index (χ2n) is 8.74. The van der Waals surface area contributed by atoms with Crippen LogP contribution in [0.2, 0.25) is 0 Å². The summed E-state index contributed by atoms with van der Waals surface area (Å²) in [6, 6.07) is -0.642. The maximum Gasteiger partial charge on any atom is 0.355 e. The molecular weight excluding hydrogens is 565 g/mol. The van der Waals surface area contributed by atoms with Crippen molar-refractivity contribution < 1.29 is 23.9 Å². The molecule has 0 aliphatic carbocycles. The predicted molar refractivity (Wildman–Crippen MR) is 146 cm³/mol. The summed E-state index contributed by atoms with van der Waals surface area (Å²) in [7, 11) is 3.94. The standard InChI is InChI=1S/C21H33N7O5S2.2ClH/c1-5-13(2)10-15(29)32-8-9-33-20(31)17-14(11-34-19-16(22)18(30)28(17)19)12-35-21-23-24-25-27(21)7-6-26(3)4;;/h13,16,19H,5-12,22H2,1-4H3;2*1H/t13?,16-,19+;;/m1../s1. The quantitative estimate of drug-likeness (QED) is 0.150. The molecule has 16 heteroatoms. The van der Waals surface area contributed by atoms with Crippen molar-refractivity contribution in [2.45, 2.75) is 49.8 Å². The summed E-state index contributed by atoms with van der Waals surface area (Å²) in [5.41, 5.74) is 6.90. The van der Waals surface area contributed by atoms with E-state index < -0.39 is 12.0 Å². The molecule has 1 aromatic rings. The number of likely N-dealkylation sites (N-methyl/N-ethyl adjacent to an activating group) is 1. The number of tetrazole rings is 1. The first-order chi connectivity index (χ1) is 16.7. The summed E-state index contributed by atoms with van der Waals surface area (Å²) < 4.78 is 12.2. The van der Waals surface area contributed by atoms with E-state index in [4.69, 9.17) is 15.2 Å². The minimum Gasteiger partial charge on any atom is -0.462 e. The first-order valence-corrected chi connectivity index (χ1v) is 13.5. The largest absolute Gasteiger partial charge is 0.462 e. The van der Waals surface area contributed by atoms with Crippen LogP contribution >= 0.6 is 48.3 Å². The number of fused-ring (bicyclic) bond motifs is 1. The Balaban J connectivity index is 0.00000342. The van der Waals surface area contributed by atoms with Crippen LogP contribution in [0.25, 0.3) is 0 Å². The number of amides is 1. The zero-order valence-electron chi connectivity index (χ0n) is 21.3. The Labute approximate surface area is 237 Å². The number of halogens is 2. The highest BCUT2D eigenvalue weighted by atomic mass is 35.5. The maximum atomic E-state index is 13.0. The summed E-state index contributed by atoms with van der Waals surface area (Å²) in [4.78, 5) is 40.8. The maximum absolute atomic E-state index is 13.0. The van der Waals surface area contributed by atoms with Gasteiger partial charge in [0.15, 0.2) is 0 Å². The SMILES string of the molecule is CCC(C)CC(=O)OCCOC(=O)C1=C(CSc2nnnn2CCN(C)C)CS[C@H]2[C@H](N)C(=O)N12.Cl.Cl. The number of hydrogen-bond donors (Lipinski definition) is 1. The fourth-order valence-electron chi connectivity index (χ4n) is 3.41. The van der Waals surface area contributed by atoms with Crippen LogP contribution in [0.15, 0.2) is 16.4 Å². The summed E-state index contributed by atoms with van der Waals surface area (Å²) in [6.07, 6.45) is 1.20. The molecule has 210 valence electrons. The lowest BCUT2D eigenvalue weighted by Gasteiger charge is -2.48. The summed E-state index contributed by atoms with van der Waals surface area (Å²) in [5, 5.41) is 12.2. The van der Waals surface area contributed by atoms with E-state index in [0.717, 1.165) is 18.5 Å². The van der Waals surface area contributed by atoms with Crippen molar-refractivity contribution in [1.29, 1.82) is 0 Å². The average Bonchev–Trinajstić information content (AvgIpc) is 3.29. The predicted octanol–water partition coefficient (Wildman–Crippen LogP) is 1.19. The fraction of sp³-hybridized carbons (Fsp3) is 0.714. The van der Waals surface area contributed by atoms with Gasteiger partial charge in [0.1, 0.15) is 30.3 Å². The van der Waals surface area contributed by atoms with Gasteiger partial charge in [0.25, 0.3) is 0 Å². The molecular formula is C21H35Cl2N7O5S2. The molecule has 2 aliphatic rings. The van der Waals surface area contributed by atoms with Crippen LogP contribution in [0.5, 0.6) is 0 Å². The smallest absolute Gasteiger partial charge is 0.355 e. The number of carbonyl (C=O) groups is 3. The van der Waals surface area contributed by atoms with Gasteiger partial charge in [-0.3, -0.25) is 14.5 Å². The van der Waals surface area contributed by atoms with Gasteiger partial charge in [-0.1, -0.05) is 32.0 Å². The van der Waals surface area contributed by atoms with Crippen molar-refractivity contribution >= 4 is 66.2 Å². The van der Waals surface area contributed by atoms with Crippen molar-refractivity contribution in [2.24, 2.45) is 11.7 Å². The van der Waals surface area contributed by atoms with Crippen LogP contribution in [0, 0.1) is 5.92 Å². The molecule has 3 atom stereocenters. The van der Waals surface area contributed by atoms with Crippen LogP contribution in [0.3, 0.4) is 0 Å². The molecule has 3 rings (SSSR count). The third-order valence-corrected chi connectivity index (χ3v) is 8.11. The molecule has 1 unspecified atom stereocenters. The Hall–Kier alpha value is -1.58. The van der Waals surface area contributed by atoms with Crippen LogP contribution in [-0.2, 0) is 30.4 Å². The van der Waals surface area contributed by atoms with E-state index in [2.05, 4.69) is 15.5 Å². The van der Waals surface area contributed by atoms with Gasteiger partial charge in [0.2, 0.25) is 11.1 Å². The van der Waals surface area contributed by atoms with Gasteiger partial charge in [-0.05, 0) is 36.0 Å². The Morgan fingerprint density at radius 3 is 2.65 bits per heavy atom. The lowest BCUT2D eigenvalue weighted by molar-refractivity contribution is -0.154. The number of ether oxygens (including phenoxy) is 2. The minimum atomic E-state index is -0.642. The molecule has 0 radical (unpaired) electrons. The Morgan fingerprint density at radius 2 is 1.97 bits per heavy atom. The Morgan fingerprint density at radius 1 is 1.27 bits per heavy atom. The van der Waals surface area contributed by atoms with Crippen molar-refractivity contribution in [3.8, 4) is 0 Å². The zero-order chi connectivity index (χ0) is 25.5. The average molecular weight is 601 g/mol. The number of β-lactam (4-membered cyclic amide) rings is 1. The molecule has 1 saturated heterocycles. The van der Waals surface area contributed by atoms with E-state index in [1.165, 1.54) is 28.4 Å². The highest BCUT2D eigenvalue weighted by Crippen LogP contribution is 2.41. The normalized spacial score (nSPS) is 19.4. The van der Waals surface area contributed by atoms with E-state index in [1.54, 1.807) is 4.68 Å². The number of aromatic nitrogens is 4. The first kappa shape index (κ1) is 33.4. The number of esters is 2.